The SMILES string of the molecule is CC(C)(C)OC(=O)N1C[C@H](I)[C@@H]2C[C@H]1CC(=O)O2. The largest absolute Gasteiger partial charge is 0.461 e. The lowest BCUT2D eigenvalue weighted by molar-refractivity contribution is -0.160. The number of carbonyl (C=O) groups excluding carboxylic acids is 2. The van der Waals surface area contributed by atoms with Gasteiger partial charge in [0.05, 0.1) is 10.3 Å². The molecule has 5 nitrogen and oxygen atoms in total. The highest BCUT2D eigenvalue weighted by Gasteiger charge is 2.44. The van der Waals surface area contributed by atoms with Crippen LogP contribution in [0.5, 0.6) is 0 Å². The zero-order valence-corrected chi connectivity index (χ0v) is 13.0. The molecule has 0 saturated carbocycles. The maximum absolute atomic E-state index is 12.1. The molecule has 2 bridgehead atoms. The number of esters is 1. The highest BCUT2D eigenvalue weighted by atomic mass is 127. The summed E-state index contributed by atoms with van der Waals surface area (Å²) in [4.78, 5) is 25.3. The van der Waals surface area contributed by atoms with Gasteiger partial charge in [-0.25, -0.2) is 4.79 Å². The molecule has 0 aromatic rings. The zero-order valence-electron chi connectivity index (χ0n) is 10.8. The number of piperidine rings is 1. The number of ether oxygens (including phenoxy) is 2. The van der Waals surface area contributed by atoms with E-state index in [0.717, 1.165) is 6.42 Å². The van der Waals surface area contributed by atoms with E-state index in [-0.39, 0.29) is 34.6 Å². The molecule has 2 aliphatic heterocycles. The van der Waals surface area contributed by atoms with E-state index in [1.54, 1.807) is 4.90 Å². The van der Waals surface area contributed by atoms with Crippen LogP contribution in [0, 0.1) is 0 Å². The number of nitrogens with zero attached hydrogens (tertiary/aromatic N) is 1. The van der Waals surface area contributed by atoms with E-state index in [4.69, 9.17) is 9.47 Å². The normalized spacial score (nSPS) is 31.9. The molecule has 1 amide bonds. The summed E-state index contributed by atoms with van der Waals surface area (Å²) in [5.41, 5.74) is -0.510. The minimum absolute atomic E-state index is 0.0597. The van der Waals surface area contributed by atoms with Gasteiger partial charge in [0.15, 0.2) is 0 Å². The second kappa shape index (κ2) is 4.86. The summed E-state index contributed by atoms with van der Waals surface area (Å²) in [5, 5.41) is 0. The van der Waals surface area contributed by atoms with Gasteiger partial charge in [0.2, 0.25) is 0 Å². The first-order valence-corrected chi connectivity index (χ1v) is 7.34. The van der Waals surface area contributed by atoms with Gasteiger partial charge in [-0.1, -0.05) is 22.6 Å². The van der Waals surface area contributed by atoms with E-state index in [2.05, 4.69) is 22.6 Å². The van der Waals surface area contributed by atoms with E-state index < -0.39 is 5.60 Å². The molecule has 2 aliphatic rings. The van der Waals surface area contributed by atoms with Crippen LogP contribution in [-0.4, -0.2) is 45.2 Å². The molecule has 2 heterocycles. The number of halogens is 1. The Balaban J connectivity index is 2.08. The van der Waals surface area contributed by atoms with Gasteiger partial charge >= 0.3 is 12.1 Å². The molecule has 2 rings (SSSR count). The second-order valence-corrected chi connectivity index (χ2v) is 7.37. The van der Waals surface area contributed by atoms with Crippen molar-refractivity contribution in [1.82, 2.24) is 4.90 Å². The van der Waals surface area contributed by atoms with Crippen molar-refractivity contribution >= 4 is 34.7 Å². The van der Waals surface area contributed by atoms with Crippen LogP contribution < -0.4 is 0 Å². The molecule has 3 atom stereocenters. The van der Waals surface area contributed by atoms with Crippen molar-refractivity contribution in [2.75, 3.05) is 6.54 Å². The Morgan fingerprint density at radius 3 is 2.78 bits per heavy atom. The van der Waals surface area contributed by atoms with E-state index in [9.17, 15) is 9.59 Å². The van der Waals surface area contributed by atoms with Gasteiger partial charge in [0.25, 0.3) is 0 Å². The Labute approximate surface area is 120 Å². The molecule has 2 saturated heterocycles. The van der Waals surface area contributed by atoms with E-state index in [0.29, 0.717) is 6.54 Å². The first-order valence-electron chi connectivity index (χ1n) is 6.09. The maximum atomic E-state index is 12.1. The van der Waals surface area contributed by atoms with Gasteiger partial charge < -0.3 is 14.4 Å². The lowest BCUT2D eigenvalue weighted by Crippen LogP contribution is -2.58. The van der Waals surface area contributed by atoms with Gasteiger partial charge in [0.1, 0.15) is 11.7 Å². The maximum Gasteiger partial charge on any atom is 0.410 e. The van der Waals surface area contributed by atoms with Crippen molar-refractivity contribution in [2.45, 2.75) is 55.3 Å². The van der Waals surface area contributed by atoms with Crippen LogP contribution in [0.1, 0.15) is 33.6 Å². The molecular formula is C12H18INO4. The quantitative estimate of drug-likeness (QED) is 0.374. The van der Waals surface area contributed by atoms with Gasteiger partial charge in [-0.15, -0.1) is 0 Å². The molecule has 2 fully saturated rings. The number of amides is 1. The third kappa shape index (κ3) is 3.07. The zero-order chi connectivity index (χ0) is 13.5. The summed E-state index contributed by atoms with van der Waals surface area (Å²) in [6, 6.07) is -0.0721. The Hall–Kier alpha value is -0.530. The van der Waals surface area contributed by atoms with Gasteiger partial charge in [-0.3, -0.25) is 4.79 Å². The molecule has 0 aromatic heterocycles. The topological polar surface area (TPSA) is 55.8 Å². The number of fused-ring (bicyclic) bond motifs is 2. The smallest absolute Gasteiger partial charge is 0.410 e. The number of hydrogen-bond acceptors (Lipinski definition) is 4. The van der Waals surface area contributed by atoms with Crippen LogP contribution >= 0.6 is 22.6 Å². The Bertz CT molecular complexity index is 366. The third-order valence-corrected chi connectivity index (χ3v) is 4.23. The van der Waals surface area contributed by atoms with Crippen LogP contribution in [0.3, 0.4) is 0 Å². The number of hydrogen-bond donors (Lipinski definition) is 0. The first kappa shape index (κ1) is 13.9. The molecule has 102 valence electrons. The van der Waals surface area contributed by atoms with Crippen LogP contribution in [0.25, 0.3) is 0 Å². The molecule has 0 unspecified atom stereocenters. The molecule has 0 aliphatic carbocycles. The molecule has 0 spiro atoms. The predicted molar refractivity (Wildman–Crippen MR) is 73.7 cm³/mol. The molecule has 0 aromatic carbocycles. The highest BCUT2D eigenvalue weighted by Crippen LogP contribution is 2.32. The molecular weight excluding hydrogens is 349 g/mol. The Kier molecular flexibility index (Phi) is 3.75. The van der Waals surface area contributed by atoms with Gasteiger partial charge in [0, 0.05) is 19.0 Å². The summed E-state index contributed by atoms with van der Waals surface area (Å²) in [6.07, 6.45) is 0.607. The summed E-state index contributed by atoms with van der Waals surface area (Å²) in [6.45, 7) is 6.11. The van der Waals surface area contributed by atoms with E-state index >= 15 is 0 Å². The highest BCUT2D eigenvalue weighted by molar-refractivity contribution is 14.1. The van der Waals surface area contributed by atoms with E-state index in [1.807, 2.05) is 20.8 Å². The van der Waals surface area contributed by atoms with Gasteiger partial charge in [-0.2, -0.15) is 0 Å². The van der Waals surface area contributed by atoms with Crippen molar-refractivity contribution in [3.8, 4) is 0 Å². The second-order valence-electron chi connectivity index (χ2n) is 5.77. The lowest BCUT2D eigenvalue weighted by Gasteiger charge is -2.44. The van der Waals surface area contributed by atoms with Gasteiger partial charge in [-0.05, 0) is 20.8 Å². The number of carbonyl (C=O) groups is 2. The van der Waals surface area contributed by atoms with Crippen molar-refractivity contribution in [1.29, 1.82) is 0 Å². The van der Waals surface area contributed by atoms with Crippen LogP contribution in [0.4, 0.5) is 4.79 Å². The fourth-order valence-corrected chi connectivity index (χ4v) is 3.13. The average Bonchev–Trinajstić information content (AvgIpc) is 2.20. The summed E-state index contributed by atoms with van der Waals surface area (Å²) in [7, 11) is 0. The minimum Gasteiger partial charge on any atom is -0.461 e. The fraction of sp³-hybridized carbons (Fsp3) is 0.833. The van der Waals surface area contributed by atoms with E-state index in [1.165, 1.54) is 0 Å². The Morgan fingerprint density at radius 1 is 1.50 bits per heavy atom. The monoisotopic (exact) mass is 367 g/mol. The van der Waals surface area contributed by atoms with Crippen LogP contribution in [0.2, 0.25) is 0 Å². The molecule has 0 N–H and O–H groups in total. The number of likely N-dealkylation sites (tertiary alicyclic amines) is 1. The minimum atomic E-state index is -0.510. The molecule has 0 radical (unpaired) electrons. The Morgan fingerprint density at radius 2 is 2.17 bits per heavy atom. The number of rotatable bonds is 0. The van der Waals surface area contributed by atoms with Crippen molar-refractivity contribution < 1.29 is 19.1 Å². The van der Waals surface area contributed by atoms with Crippen molar-refractivity contribution in [3.05, 3.63) is 0 Å². The lowest BCUT2D eigenvalue weighted by atomic mass is 9.94. The van der Waals surface area contributed by atoms with Crippen LogP contribution in [-0.2, 0) is 14.3 Å². The fourth-order valence-electron chi connectivity index (χ4n) is 2.27. The summed E-state index contributed by atoms with van der Waals surface area (Å²) < 4.78 is 10.8. The third-order valence-electron chi connectivity index (χ3n) is 3.03. The summed E-state index contributed by atoms with van der Waals surface area (Å²) >= 11 is 2.23. The standard InChI is InChI=1S/C12H18INO4/c1-12(2,3)18-11(16)14-6-8(13)9-4-7(14)5-10(15)17-9/h7-9H,4-6H2,1-3H3/t7-,8-,9-/m0/s1. The summed E-state index contributed by atoms with van der Waals surface area (Å²) in [5.74, 6) is -0.217. The number of alkyl halides is 1. The molecule has 6 heteroatoms. The van der Waals surface area contributed by atoms with Crippen LogP contribution in [0.15, 0.2) is 0 Å². The predicted octanol–water partition coefficient (Wildman–Crippen LogP) is 2.11. The average molecular weight is 367 g/mol. The molecule has 18 heavy (non-hydrogen) atoms. The first-order chi connectivity index (χ1) is 8.26. The van der Waals surface area contributed by atoms with Crippen molar-refractivity contribution in [3.63, 3.8) is 0 Å². The van der Waals surface area contributed by atoms with Crippen molar-refractivity contribution in [2.24, 2.45) is 0 Å².